The highest BCUT2D eigenvalue weighted by Gasteiger charge is 2.10. The van der Waals surface area contributed by atoms with Gasteiger partial charge in [-0.1, -0.05) is 60.2 Å². The van der Waals surface area contributed by atoms with Gasteiger partial charge in [-0.05, 0) is 37.5 Å². The first-order chi connectivity index (χ1) is 10.6. The summed E-state index contributed by atoms with van der Waals surface area (Å²) < 4.78 is 0. The monoisotopic (exact) mass is 312 g/mol. The normalized spacial score (nSPS) is 10.1. The van der Waals surface area contributed by atoms with Crippen molar-refractivity contribution in [2.24, 2.45) is 0 Å². The highest BCUT2D eigenvalue weighted by molar-refractivity contribution is 7.82. The van der Waals surface area contributed by atoms with Crippen molar-refractivity contribution in [3.05, 3.63) is 65.2 Å². The fraction of sp³-hybridized carbons (Fsp3) is 0.222. The van der Waals surface area contributed by atoms with E-state index < -0.39 is 0 Å². The minimum atomic E-state index is -0.269. The van der Waals surface area contributed by atoms with E-state index in [1.54, 1.807) is 0 Å². The molecule has 0 heterocycles. The van der Waals surface area contributed by atoms with Gasteiger partial charge in [0.2, 0.25) is 0 Å². The van der Waals surface area contributed by atoms with Crippen LogP contribution in [0, 0.1) is 13.8 Å². The third-order valence-electron chi connectivity index (χ3n) is 3.38. The van der Waals surface area contributed by atoms with E-state index in [4.69, 9.17) is 12.2 Å². The predicted molar refractivity (Wildman–Crippen MR) is 95.3 cm³/mol. The molecule has 0 saturated carbocycles. The zero-order chi connectivity index (χ0) is 15.9. The molecule has 0 saturated heterocycles. The number of rotatable bonds is 4. The maximum Gasteiger partial charge on any atom is 0.283 e. The lowest BCUT2D eigenvalue weighted by molar-refractivity contribution is -0.110. The van der Waals surface area contributed by atoms with Crippen molar-refractivity contribution >= 4 is 28.8 Å². The molecule has 0 aliphatic heterocycles. The van der Waals surface area contributed by atoms with Gasteiger partial charge in [0.15, 0.2) is 4.99 Å². The molecular formula is C18H20N2OS. The molecule has 2 aromatic carbocycles. The lowest BCUT2D eigenvalue weighted by Crippen LogP contribution is -2.35. The zero-order valence-electron chi connectivity index (χ0n) is 12.8. The standard InChI is InChI=1S/C18H20N2OS/c1-13-8-9-16(14(2)12-13)20-17(21)18(22)19-11-10-15-6-4-3-5-7-15/h3-9,12H,10-11H2,1-2H3,(H,19,22)(H,20,21). The molecular weight excluding hydrogens is 292 g/mol. The third kappa shape index (κ3) is 4.67. The van der Waals surface area contributed by atoms with Crippen LogP contribution in [0.25, 0.3) is 0 Å². The molecule has 0 unspecified atom stereocenters. The van der Waals surface area contributed by atoms with E-state index in [-0.39, 0.29) is 10.9 Å². The third-order valence-corrected chi connectivity index (χ3v) is 3.71. The van der Waals surface area contributed by atoms with Gasteiger partial charge in [-0.25, -0.2) is 0 Å². The molecule has 2 rings (SSSR count). The molecule has 0 aromatic heterocycles. The Morgan fingerprint density at radius 2 is 1.82 bits per heavy atom. The Labute approximate surface area is 136 Å². The molecule has 0 bridgehead atoms. The van der Waals surface area contributed by atoms with E-state index in [1.807, 2.05) is 50.2 Å². The van der Waals surface area contributed by atoms with Gasteiger partial charge < -0.3 is 10.6 Å². The summed E-state index contributed by atoms with van der Waals surface area (Å²) in [5, 5.41) is 5.84. The molecule has 0 fully saturated rings. The second-order valence-corrected chi connectivity index (χ2v) is 5.67. The zero-order valence-corrected chi connectivity index (χ0v) is 13.7. The Bertz CT molecular complexity index is 668. The molecule has 0 radical (unpaired) electrons. The van der Waals surface area contributed by atoms with Gasteiger partial charge in [0.25, 0.3) is 5.91 Å². The average molecular weight is 312 g/mol. The van der Waals surface area contributed by atoms with Crippen LogP contribution in [-0.4, -0.2) is 17.4 Å². The van der Waals surface area contributed by atoms with Crippen LogP contribution in [-0.2, 0) is 11.2 Å². The maximum absolute atomic E-state index is 12.1. The molecule has 1 amide bonds. The highest BCUT2D eigenvalue weighted by Crippen LogP contribution is 2.15. The Morgan fingerprint density at radius 3 is 2.50 bits per heavy atom. The largest absolute Gasteiger partial charge is 0.371 e. The maximum atomic E-state index is 12.1. The van der Waals surface area contributed by atoms with Gasteiger partial charge in [-0.3, -0.25) is 4.79 Å². The van der Waals surface area contributed by atoms with Crippen molar-refractivity contribution in [2.75, 3.05) is 11.9 Å². The van der Waals surface area contributed by atoms with Crippen molar-refractivity contribution in [1.29, 1.82) is 0 Å². The summed E-state index contributed by atoms with van der Waals surface area (Å²) in [5.74, 6) is -0.269. The molecule has 0 aliphatic carbocycles. The van der Waals surface area contributed by atoms with Crippen LogP contribution in [0.3, 0.4) is 0 Å². The molecule has 0 aliphatic rings. The van der Waals surface area contributed by atoms with Crippen LogP contribution in [0.1, 0.15) is 16.7 Å². The van der Waals surface area contributed by atoms with Crippen LogP contribution in [0.5, 0.6) is 0 Å². The molecule has 0 atom stereocenters. The number of hydrogen-bond acceptors (Lipinski definition) is 2. The number of hydrogen-bond donors (Lipinski definition) is 2. The van der Waals surface area contributed by atoms with Crippen molar-refractivity contribution < 1.29 is 4.79 Å². The quantitative estimate of drug-likeness (QED) is 0.850. The second-order valence-electron chi connectivity index (χ2n) is 5.26. The number of thiocarbonyl (C=S) groups is 1. The SMILES string of the molecule is Cc1ccc(NC(=O)C(=S)NCCc2ccccc2)c(C)c1. The van der Waals surface area contributed by atoms with E-state index >= 15 is 0 Å². The first-order valence-corrected chi connectivity index (χ1v) is 7.67. The van der Waals surface area contributed by atoms with Gasteiger partial charge in [-0.2, -0.15) is 0 Å². The minimum Gasteiger partial charge on any atom is -0.371 e. The van der Waals surface area contributed by atoms with Crippen LogP contribution in [0.2, 0.25) is 0 Å². The fourth-order valence-corrected chi connectivity index (χ4v) is 2.33. The number of amides is 1. The van der Waals surface area contributed by atoms with E-state index in [2.05, 4.69) is 22.8 Å². The van der Waals surface area contributed by atoms with Crippen LogP contribution in [0.15, 0.2) is 48.5 Å². The molecule has 2 N–H and O–H groups in total. The van der Waals surface area contributed by atoms with Gasteiger partial charge >= 0.3 is 0 Å². The summed E-state index contributed by atoms with van der Waals surface area (Å²) >= 11 is 5.14. The molecule has 3 nitrogen and oxygen atoms in total. The summed E-state index contributed by atoms with van der Waals surface area (Å²) in [6, 6.07) is 16.0. The first-order valence-electron chi connectivity index (χ1n) is 7.26. The Morgan fingerprint density at radius 1 is 1.09 bits per heavy atom. The second kappa shape index (κ2) is 7.71. The molecule has 22 heavy (non-hydrogen) atoms. The number of benzene rings is 2. The van der Waals surface area contributed by atoms with Gasteiger partial charge in [0.1, 0.15) is 0 Å². The van der Waals surface area contributed by atoms with Gasteiger partial charge in [0.05, 0.1) is 0 Å². The Hall–Kier alpha value is -2.20. The van der Waals surface area contributed by atoms with Crippen LogP contribution >= 0.6 is 12.2 Å². The summed E-state index contributed by atoms with van der Waals surface area (Å²) in [4.78, 5) is 12.3. The number of nitrogens with one attached hydrogen (secondary N) is 2. The summed E-state index contributed by atoms with van der Waals surface area (Å²) in [6.45, 7) is 4.63. The van der Waals surface area contributed by atoms with E-state index in [1.165, 1.54) is 11.1 Å². The lowest BCUT2D eigenvalue weighted by Gasteiger charge is -2.11. The number of anilines is 1. The Balaban J connectivity index is 1.83. The van der Waals surface area contributed by atoms with Crippen molar-refractivity contribution in [3.8, 4) is 0 Å². The molecule has 114 valence electrons. The predicted octanol–water partition coefficient (Wildman–Crippen LogP) is 3.40. The fourth-order valence-electron chi connectivity index (χ4n) is 2.18. The number of carbonyl (C=O) groups excluding carboxylic acids is 1. The number of aryl methyl sites for hydroxylation is 2. The summed E-state index contributed by atoms with van der Waals surface area (Å²) in [6.07, 6.45) is 0.831. The topological polar surface area (TPSA) is 41.1 Å². The van der Waals surface area contributed by atoms with Gasteiger partial charge in [0, 0.05) is 12.2 Å². The van der Waals surface area contributed by atoms with E-state index in [9.17, 15) is 4.79 Å². The molecule has 4 heteroatoms. The van der Waals surface area contributed by atoms with Crippen LogP contribution in [0.4, 0.5) is 5.69 Å². The molecule has 2 aromatic rings. The van der Waals surface area contributed by atoms with Crippen molar-refractivity contribution in [1.82, 2.24) is 5.32 Å². The Kier molecular flexibility index (Phi) is 5.67. The van der Waals surface area contributed by atoms with Crippen molar-refractivity contribution in [3.63, 3.8) is 0 Å². The van der Waals surface area contributed by atoms with E-state index in [0.717, 1.165) is 17.7 Å². The van der Waals surface area contributed by atoms with Crippen LogP contribution < -0.4 is 10.6 Å². The number of carbonyl (C=O) groups is 1. The first kappa shape index (κ1) is 16.2. The van der Waals surface area contributed by atoms with E-state index in [0.29, 0.717) is 6.54 Å². The average Bonchev–Trinajstić information content (AvgIpc) is 2.51. The van der Waals surface area contributed by atoms with Gasteiger partial charge in [-0.15, -0.1) is 0 Å². The van der Waals surface area contributed by atoms with Crippen molar-refractivity contribution in [2.45, 2.75) is 20.3 Å². The lowest BCUT2D eigenvalue weighted by atomic mass is 10.1. The molecule has 0 spiro atoms. The summed E-state index contributed by atoms with van der Waals surface area (Å²) in [5.41, 5.74) is 4.20. The minimum absolute atomic E-state index is 0.218. The summed E-state index contributed by atoms with van der Waals surface area (Å²) in [7, 11) is 0. The highest BCUT2D eigenvalue weighted by atomic mass is 32.1. The smallest absolute Gasteiger partial charge is 0.283 e.